The maximum atomic E-state index is 14.2. The van der Waals surface area contributed by atoms with Crippen molar-refractivity contribution >= 4 is 40.3 Å². The molecule has 3 N–H and O–H groups in total. The van der Waals surface area contributed by atoms with Gasteiger partial charge in [0.15, 0.2) is 11.6 Å². The Bertz CT molecular complexity index is 1220. The number of hydrogen-bond donors (Lipinski definition) is 3. The van der Waals surface area contributed by atoms with Crippen molar-refractivity contribution in [1.29, 1.82) is 0 Å². The monoisotopic (exact) mass is 474 g/mol. The van der Waals surface area contributed by atoms with E-state index in [0.29, 0.717) is 40.1 Å². The standard InChI is InChI=1S/C24H24ClFN2O5/c1-3-14(24(32)33)8-9-27-22(30)11-17-13(2)28(20-12-19(26)21(29)10-18(17)20)23(31)15-4-6-16(25)7-5-15/h4-7,10,12,14,29H,3,8-9,11H2,1-2H3,(H,27,30)(H,32,33). The first-order valence-electron chi connectivity index (χ1n) is 10.5. The highest BCUT2D eigenvalue weighted by molar-refractivity contribution is 6.30. The van der Waals surface area contributed by atoms with Crippen molar-refractivity contribution in [2.45, 2.75) is 33.1 Å². The number of halogens is 2. The average Bonchev–Trinajstić information content (AvgIpc) is 3.02. The molecule has 1 atom stereocenters. The van der Waals surface area contributed by atoms with Crippen LogP contribution in [-0.2, 0) is 16.0 Å². The SMILES string of the molecule is CCC(CCNC(=O)Cc1c(C)n(C(=O)c2ccc(Cl)cc2)c2cc(F)c(O)cc12)C(=O)O. The van der Waals surface area contributed by atoms with Crippen LogP contribution in [0, 0.1) is 18.7 Å². The van der Waals surface area contributed by atoms with E-state index in [1.807, 2.05) is 0 Å². The molecule has 0 bridgehead atoms. The molecule has 0 aliphatic rings. The normalized spacial score (nSPS) is 12.0. The molecule has 1 unspecified atom stereocenters. The van der Waals surface area contributed by atoms with Crippen molar-refractivity contribution in [2.24, 2.45) is 5.92 Å². The first-order chi connectivity index (χ1) is 15.6. The van der Waals surface area contributed by atoms with Crippen molar-refractivity contribution in [1.82, 2.24) is 9.88 Å². The highest BCUT2D eigenvalue weighted by Crippen LogP contribution is 2.32. The van der Waals surface area contributed by atoms with Gasteiger partial charge in [-0.1, -0.05) is 18.5 Å². The lowest BCUT2D eigenvalue weighted by atomic mass is 10.0. The number of benzene rings is 2. The first kappa shape index (κ1) is 24.3. The molecule has 2 aromatic carbocycles. The van der Waals surface area contributed by atoms with Gasteiger partial charge < -0.3 is 15.5 Å². The molecule has 0 saturated carbocycles. The number of aromatic nitrogens is 1. The van der Waals surface area contributed by atoms with Gasteiger partial charge in [0.05, 0.1) is 17.9 Å². The van der Waals surface area contributed by atoms with Crippen molar-refractivity contribution in [3.8, 4) is 5.75 Å². The molecule has 9 heteroatoms. The Balaban J connectivity index is 1.93. The van der Waals surface area contributed by atoms with Crippen LogP contribution in [-0.4, -0.2) is 39.1 Å². The van der Waals surface area contributed by atoms with E-state index in [-0.39, 0.29) is 24.4 Å². The number of phenolic OH excluding ortho intramolecular Hbond substituents is 1. The van der Waals surface area contributed by atoms with Crippen LogP contribution in [0.25, 0.3) is 10.9 Å². The van der Waals surface area contributed by atoms with Gasteiger partial charge in [0.2, 0.25) is 5.91 Å². The maximum absolute atomic E-state index is 14.2. The Labute approximate surface area is 194 Å². The van der Waals surface area contributed by atoms with E-state index in [9.17, 15) is 23.9 Å². The van der Waals surface area contributed by atoms with Crippen molar-refractivity contribution in [3.63, 3.8) is 0 Å². The zero-order valence-corrected chi connectivity index (χ0v) is 18.9. The number of amides is 1. The minimum absolute atomic E-state index is 0.127. The Morgan fingerprint density at radius 2 is 1.85 bits per heavy atom. The van der Waals surface area contributed by atoms with Gasteiger partial charge in [-0.2, -0.15) is 0 Å². The molecule has 3 aromatic rings. The summed E-state index contributed by atoms with van der Waals surface area (Å²) in [6.45, 7) is 3.59. The van der Waals surface area contributed by atoms with E-state index < -0.39 is 29.4 Å². The van der Waals surface area contributed by atoms with Crippen molar-refractivity contribution in [2.75, 3.05) is 6.54 Å². The molecule has 3 rings (SSSR count). The zero-order valence-electron chi connectivity index (χ0n) is 18.2. The molecular weight excluding hydrogens is 451 g/mol. The number of aliphatic carboxylic acids is 1. The maximum Gasteiger partial charge on any atom is 0.306 e. The topological polar surface area (TPSA) is 109 Å². The fourth-order valence-corrected chi connectivity index (χ4v) is 3.93. The number of hydrogen-bond acceptors (Lipinski definition) is 4. The third-order valence-corrected chi connectivity index (χ3v) is 5.94. The van der Waals surface area contributed by atoms with Crippen LogP contribution in [0.5, 0.6) is 5.75 Å². The molecule has 0 fully saturated rings. The molecule has 0 spiro atoms. The number of nitrogens with one attached hydrogen (secondary N) is 1. The van der Waals surface area contributed by atoms with Gasteiger partial charge in [-0.3, -0.25) is 19.0 Å². The zero-order chi connectivity index (χ0) is 24.3. The van der Waals surface area contributed by atoms with E-state index >= 15 is 0 Å². The predicted molar refractivity (Wildman–Crippen MR) is 122 cm³/mol. The van der Waals surface area contributed by atoms with Gasteiger partial charge in [-0.05, 0) is 55.7 Å². The number of phenols is 1. The molecule has 1 heterocycles. The Morgan fingerprint density at radius 1 is 1.18 bits per heavy atom. The lowest BCUT2D eigenvalue weighted by molar-refractivity contribution is -0.142. The highest BCUT2D eigenvalue weighted by Gasteiger charge is 2.23. The summed E-state index contributed by atoms with van der Waals surface area (Å²) < 4.78 is 15.5. The van der Waals surface area contributed by atoms with Gasteiger partial charge in [0, 0.05) is 34.3 Å². The molecule has 0 aliphatic carbocycles. The summed E-state index contributed by atoms with van der Waals surface area (Å²) in [5.74, 6) is -3.75. The fraction of sp³-hybridized carbons (Fsp3) is 0.292. The van der Waals surface area contributed by atoms with Crippen LogP contribution in [0.2, 0.25) is 5.02 Å². The summed E-state index contributed by atoms with van der Waals surface area (Å²) in [5, 5.41) is 22.6. The third kappa shape index (κ3) is 5.17. The Hall–Kier alpha value is -3.39. The number of carbonyl (C=O) groups is 3. The summed E-state index contributed by atoms with van der Waals surface area (Å²) in [6, 6.07) is 8.49. The number of rotatable bonds is 8. The van der Waals surface area contributed by atoms with E-state index in [1.165, 1.54) is 10.6 Å². The minimum atomic E-state index is -0.913. The number of fused-ring (bicyclic) bond motifs is 1. The summed E-state index contributed by atoms with van der Waals surface area (Å²) in [6.07, 6.45) is 0.618. The van der Waals surface area contributed by atoms with Gasteiger partial charge in [-0.15, -0.1) is 0 Å². The number of carbonyl (C=O) groups excluding carboxylic acids is 2. The van der Waals surface area contributed by atoms with E-state index in [4.69, 9.17) is 16.7 Å². The van der Waals surface area contributed by atoms with Crippen LogP contribution in [0.4, 0.5) is 4.39 Å². The number of carboxylic acid groups (broad SMARTS) is 1. The van der Waals surface area contributed by atoms with Gasteiger partial charge in [0.25, 0.3) is 5.91 Å². The van der Waals surface area contributed by atoms with Crippen LogP contribution in [0.15, 0.2) is 36.4 Å². The van der Waals surface area contributed by atoms with Crippen LogP contribution in [0.3, 0.4) is 0 Å². The quantitative estimate of drug-likeness (QED) is 0.451. The summed E-state index contributed by atoms with van der Waals surface area (Å²) >= 11 is 5.90. The summed E-state index contributed by atoms with van der Waals surface area (Å²) in [5.41, 5.74) is 1.44. The molecular formula is C24H24ClFN2O5. The van der Waals surface area contributed by atoms with Crippen molar-refractivity contribution in [3.05, 3.63) is 64.1 Å². The van der Waals surface area contributed by atoms with E-state index in [0.717, 1.165) is 6.07 Å². The second-order valence-electron chi connectivity index (χ2n) is 7.79. The predicted octanol–water partition coefficient (Wildman–Crippen LogP) is 4.30. The summed E-state index contributed by atoms with van der Waals surface area (Å²) in [7, 11) is 0. The lowest BCUT2D eigenvalue weighted by Crippen LogP contribution is -2.29. The van der Waals surface area contributed by atoms with Crippen molar-refractivity contribution < 1.29 is 29.0 Å². The summed E-state index contributed by atoms with van der Waals surface area (Å²) in [4.78, 5) is 36.9. The van der Waals surface area contributed by atoms with Gasteiger partial charge in [0.1, 0.15) is 0 Å². The molecule has 33 heavy (non-hydrogen) atoms. The largest absolute Gasteiger partial charge is 0.505 e. The van der Waals surface area contributed by atoms with Crippen LogP contribution < -0.4 is 5.32 Å². The fourth-order valence-electron chi connectivity index (χ4n) is 3.81. The van der Waals surface area contributed by atoms with Crippen LogP contribution >= 0.6 is 11.6 Å². The van der Waals surface area contributed by atoms with E-state index in [2.05, 4.69) is 5.32 Å². The highest BCUT2D eigenvalue weighted by atomic mass is 35.5. The number of aromatic hydroxyl groups is 1. The number of nitrogens with zero attached hydrogens (tertiary/aromatic N) is 1. The molecule has 7 nitrogen and oxygen atoms in total. The first-order valence-corrected chi connectivity index (χ1v) is 10.8. The molecule has 1 aromatic heterocycles. The Morgan fingerprint density at radius 3 is 2.45 bits per heavy atom. The Kier molecular flexibility index (Phi) is 7.38. The third-order valence-electron chi connectivity index (χ3n) is 5.69. The molecule has 0 saturated heterocycles. The van der Waals surface area contributed by atoms with Gasteiger partial charge in [-0.25, -0.2) is 4.39 Å². The van der Waals surface area contributed by atoms with E-state index in [1.54, 1.807) is 38.1 Å². The molecule has 1 amide bonds. The smallest absolute Gasteiger partial charge is 0.306 e. The average molecular weight is 475 g/mol. The number of carboxylic acids is 1. The van der Waals surface area contributed by atoms with Crippen LogP contribution in [0.1, 0.15) is 41.4 Å². The molecule has 174 valence electrons. The molecule has 0 radical (unpaired) electrons. The minimum Gasteiger partial charge on any atom is -0.505 e. The van der Waals surface area contributed by atoms with Gasteiger partial charge >= 0.3 is 5.97 Å². The second kappa shape index (κ2) is 10.0. The second-order valence-corrected chi connectivity index (χ2v) is 8.23. The lowest BCUT2D eigenvalue weighted by Gasteiger charge is -2.11. The molecule has 0 aliphatic heterocycles.